The quantitative estimate of drug-likeness (QED) is 0.410. The average Bonchev–Trinajstić information content (AvgIpc) is 3.52. The van der Waals surface area contributed by atoms with Gasteiger partial charge in [-0.3, -0.25) is 9.67 Å². The van der Waals surface area contributed by atoms with Crippen LogP contribution >= 0.6 is 11.3 Å². The van der Waals surface area contributed by atoms with Gasteiger partial charge in [-0.15, -0.1) is 11.3 Å². The Morgan fingerprint density at radius 3 is 2.97 bits per heavy atom. The minimum absolute atomic E-state index is 0.165. The molecule has 4 heterocycles. The number of hydrogen-bond acceptors (Lipinski definition) is 6. The second kappa shape index (κ2) is 6.90. The molecule has 30 heavy (non-hydrogen) atoms. The highest BCUT2D eigenvalue weighted by Crippen LogP contribution is 2.37. The zero-order valence-corrected chi connectivity index (χ0v) is 16.8. The lowest BCUT2D eigenvalue weighted by Gasteiger charge is -2.19. The molecule has 0 unspecified atom stereocenters. The molecule has 0 spiro atoms. The van der Waals surface area contributed by atoms with E-state index in [2.05, 4.69) is 27.2 Å². The number of allylic oxidation sites excluding steroid dienone is 1. The molecule has 5 aromatic rings. The molecule has 148 valence electrons. The minimum Gasteiger partial charge on any atom is -0.454 e. The lowest BCUT2D eigenvalue weighted by atomic mass is 10.0. The van der Waals surface area contributed by atoms with Crippen molar-refractivity contribution in [1.29, 1.82) is 0 Å². The molecule has 0 saturated carbocycles. The predicted molar refractivity (Wildman–Crippen MR) is 117 cm³/mol. The maximum atomic E-state index is 9.69. The Balaban J connectivity index is 1.43. The van der Waals surface area contributed by atoms with Gasteiger partial charge in [0.2, 0.25) is 0 Å². The summed E-state index contributed by atoms with van der Waals surface area (Å²) in [4.78, 5) is 8.80. The maximum absolute atomic E-state index is 9.69. The molecule has 1 aliphatic rings. The molecule has 6 nitrogen and oxygen atoms in total. The van der Waals surface area contributed by atoms with E-state index in [1.165, 1.54) is 0 Å². The number of fused-ring (bicyclic) bond motifs is 2. The number of thiazole rings is 1. The van der Waals surface area contributed by atoms with E-state index in [4.69, 9.17) is 4.42 Å². The molecular weight excluding hydrogens is 396 g/mol. The number of hydrogen-bond donors (Lipinski definition) is 1. The van der Waals surface area contributed by atoms with Crippen molar-refractivity contribution in [3.63, 3.8) is 0 Å². The molecule has 1 aliphatic carbocycles. The summed E-state index contributed by atoms with van der Waals surface area (Å²) in [6.07, 6.45) is 12.7. The smallest absolute Gasteiger partial charge is 0.153 e. The van der Waals surface area contributed by atoms with E-state index in [9.17, 15) is 5.11 Å². The molecule has 0 aliphatic heterocycles. The number of aromatic nitrogens is 4. The number of furan rings is 1. The third-order valence-electron chi connectivity index (χ3n) is 5.63. The Morgan fingerprint density at radius 2 is 2.07 bits per heavy atom. The average molecular weight is 414 g/mol. The number of aliphatic hydroxyl groups is 1. The van der Waals surface area contributed by atoms with Crippen LogP contribution in [-0.2, 0) is 0 Å². The fourth-order valence-corrected chi connectivity index (χ4v) is 4.88. The van der Waals surface area contributed by atoms with E-state index in [-0.39, 0.29) is 12.1 Å². The standard InChI is InChI=1S/C23H18N4O2S/c28-16-6-4-15(5-7-16)27-12-14(9-26-27)19-10-24-11-22-18(19)8-21(29-22)17-2-1-3-20-23(17)30-13-25-20/h1-4,6,8-13,15-16,28H,5,7H2/t15-,16-/m0/s1. The van der Waals surface area contributed by atoms with Crippen molar-refractivity contribution in [2.45, 2.75) is 25.0 Å². The molecule has 0 amide bonds. The normalized spacial score (nSPS) is 19.1. The van der Waals surface area contributed by atoms with Crippen LogP contribution in [0.3, 0.4) is 0 Å². The third-order valence-corrected chi connectivity index (χ3v) is 6.51. The highest BCUT2D eigenvalue weighted by atomic mass is 32.1. The first kappa shape index (κ1) is 17.6. The van der Waals surface area contributed by atoms with Gasteiger partial charge in [0.25, 0.3) is 0 Å². The second-order valence-corrected chi connectivity index (χ2v) is 8.38. The number of nitrogens with zero attached hydrogens (tertiary/aromatic N) is 4. The first-order valence-corrected chi connectivity index (χ1v) is 10.8. The molecule has 6 rings (SSSR count). The second-order valence-electron chi connectivity index (χ2n) is 7.52. The summed E-state index contributed by atoms with van der Waals surface area (Å²) in [6, 6.07) is 8.32. The third kappa shape index (κ3) is 2.86. The van der Waals surface area contributed by atoms with Crippen molar-refractivity contribution < 1.29 is 9.52 Å². The van der Waals surface area contributed by atoms with Crippen LogP contribution in [0.25, 0.3) is 43.6 Å². The van der Waals surface area contributed by atoms with Crippen LogP contribution < -0.4 is 0 Å². The van der Waals surface area contributed by atoms with Crippen LogP contribution in [0.15, 0.2) is 71.1 Å². The van der Waals surface area contributed by atoms with Crippen LogP contribution in [0.4, 0.5) is 0 Å². The van der Waals surface area contributed by atoms with Gasteiger partial charge in [-0.2, -0.15) is 5.10 Å². The van der Waals surface area contributed by atoms with Gasteiger partial charge in [0.15, 0.2) is 5.58 Å². The summed E-state index contributed by atoms with van der Waals surface area (Å²) < 4.78 is 9.25. The lowest BCUT2D eigenvalue weighted by molar-refractivity contribution is 0.193. The molecule has 0 saturated heterocycles. The zero-order chi connectivity index (χ0) is 20.1. The summed E-state index contributed by atoms with van der Waals surface area (Å²) in [7, 11) is 0. The van der Waals surface area contributed by atoms with Crippen LogP contribution in [-0.4, -0.2) is 31.0 Å². The molecule has 7 heteroatoms. The lowest BCUT2D eigenvalue weighted by Crippen LogP contribution is -2.16. The molecule has 2 atom stereocenters. The Bertz CT molecular complexity index is 1400. The summed E-state index contributed by atoms with van der Waals surface area (Å²) >= 11 is 1.61. The Hall–Kier alpha value is -3.29. The highest BCUT2D eigenvalue weighted by Gasteiger charge is 2.18. The van der Waals surface area contributed by atoms with Gasteiger partial charge in [0.05, 0.1) is 40.3 Å². The first-order valence-electron chi connectivity index (χ1n) is 9.87. The van der Waals surface area contributed by atoms with Crippen LogP contribution in [0, 0.1) is 0 Å². The SMILES string of the molecule is O[C@H]1C=C[C@H](n2cc(-c3cncc4oc(-c5cccc6ncsc56)cc34)cn2)CC1. The van der Waals surface area contributed by atoms with Gasteiger partial charge in [-0.05, 0) is 31.0 Å². The highest BCUT2D eigenvalue weighted by molar-refractivity contribution is 7.17. The van der Waals surface area contributed by atoms with Gasteiger partial charge in [-0.25, -0.2) is 4.98 Å². The Kier molecular flexibility index (Phi) is 4.04. The van der Waals surface area contributed by atoms with Crippen molar-refractivity contribution in [3.05, 3.63) is 66.7 Å². The van der Waals surface area contributed by atoms with E-state index in [1.54, 1.807) is 17.5 Å². The van der Waals surface area contributed by atoms with Gasteiger partial charge < -0.3 is 9.52 Å². The largest absolute Gasteiger partial charge is 0.454 e. The van der Waals surface area contributed by atoms with Gasteiger partial charge in [0, 0.05) is 34.5 Å². The van der Waals surface area contributed by atoms with E-state index < -0.39 is 0 Å². The number of aliphatic hydroxyl groups excluding tert-OH is 1. The molecule has 0 fully saturated rings. The number of benzene rings is 1. The maximum Gasteiger partial charge on any atom is 0.153 e. The van der Waals surface area contributed by atoms with Gasteiger partial charge in [-0.1, -0.05) is 18.2 Å². The summed E-state index contributed by atoms with van der Waals surface area (Å²) in [5.41, 5.74) is 6.61. The van der Waals surface area contributed by atoms with E-state index in [1.807, 2.05) is 53.1 Å². The van der Waals surface area contributed by atoms with Crippen molar-refractivity contribution in [2.24, 2.45) is 0 Å². The van der Waals surface area contributed by atoms with Crippen LogP contribution in [0.1, 0.15) is 18.9 Å². The molecular formula is C23H18N4O2S. The summed E-state index contributed by atoms with van der Waals surface area (Å²) in [6.45, 7) is 0. The van der Waals surface area contributed by atoms with E-state index in [0.717, 1.165) is 56.5 Å². The van der Waals surface area contributed by atoms with Gasteiger partial charge in [0.1, 0.15) is 5.76 Å². The van der Waals surface area contributed by atoms with Crippen molar-refractivity contribution in [3.8, 4) is 22.5 Å². The fourth-order valence-electron chi connectivity index (χ4n) is 4.07. The van der Waals surface area contributed by atoms with E-state index in [0.29, 0.717) is 0 Å². The zero-order valence-electron chi connectivity index (χ0n) is 16.0. The Labute approximate surface area is 176 Å². The molecule has 4 aromatic heterocycles. The summed E-state index contributed by atoms with van der Waals surface area (Å²) in [5, 5.41) is 15.3. The topological polar surface area (TPSA) is 77.0 Å². The molecule has 1 aromatic carbocycles. The van der Waals surface area contributed by atoms with Gasteiger partial charge >= 0.3 is 0 Å². The fraction of sp³-hybridized carbons (Fsp3) is 0.174. The molecule has 0 bridgehead atoms. The van der Waals surface area contributed by atoms with Crippen molar-refractivity contribution >= 4 is 32.5 Å². The van der Waals surface area contributed by atoms with Crippen LogP contribution in [0.5, 0.6) is 0 Å². The summed E-state index contributed by atoms with van der Waals surface area (Å²) in [5.74, 6) is 0.811. The minimum atomic E-state index is -0.346. The van der Waals surface area contributed by atoms with Crippen molar-refractivity contribution in [2.75, 3.05) is 0 Å². The number of rotatable bonds is 3. The van der Waals surface area contributed by atoms with Crippen LogP contribution in [0.2, 0.25) is 0 Å². The predicted octanol–water partition coefficient (Wildman–Crippen LogP) is 5.22. The first-order chi connectivity index (χ1) is 14.8. The Morgan fingerprint density at radius 1 is 1.10 bits per heavy atom. The number of pyridine rings is 1. The van der Waals surface area contributed by atoms with Crippen molar-refractivity contribution in [1.82, 2.24) is 19.7 Å². The molecule has 1 N–H and O–H groups in total. The van der Waals surface area contributed by atoms with E-state index >= 15 is 0 Å². The molecule has 0 radical (unpaired) electrons. The monoisotopic (exact) mass is 414 g/mol.